The molecule has 0 fully saturated rings. The number of anilines is 1. The number of amides is 1. The van der Waals surface area contributed by atoms with Crippen LogP contribution in [-0.2, 0) is 11.8 Å². The van der Waals surface area contributed by atoms with Crippen LogP contribution in [0.3, 0.4) is 0 Å². The molecule has 132 valence electrons. The summed E-state index contributed by atoms with van der Waals surface area (Å²) < 4.78 is 7.36. The molecule has 0 saturated heterocycles. The number of nitrogens with one attached hydrogen (secondary N) is 1. The summed E-state index contributed by atoms with van der Waals surface area (Å²) in [5.74, 6) is 0.848. The Morgan fingerprint density at radius 1 is 1.27 bits per heavy atom. The summed E-state index contributed by atoms with van der Waals surface area (Å²) in [6.07, 6.45) is 6.16. The van der Waals surface area contributed by atoms with Crippen LogP contribution in [0.2, 0.25) is 5.15 Å². The molecule has 1 aromatic carbocycles. The van der Waals surface area contributed by atoms with Gasteiger partial charge in [-0.2, -0.15) is 5.10 Å². The minimum Gasteiger partial charge on any atom is -0.455 e. The zero-order chi connectivity index (χ0) is 18.5. The lowest BCUT2D eigenvalue weighted by molar-refractivity contribution is -0.111. The fourth-order valence-electron chi connectivity index (χ4n) is 2.35. The molecule has 26 heavy (non-hydrogen) atoms. The van der Waals surface area contributed by atoms with Gasteiger partial charge in [0.15, 0.2) is 5.75 Å². The molecule has 3 aromatic rings. The Balaban J connectivity index is 1.74. The highest BCUT2D eigenvalue weighted by atomic mass is 35.5. The number of para-hydroxylation sites is 1. The first-order valence-corrected chi connectivity index (χ1v) is 8.27. The van der Waals surface area contributed by atoms with Crippen LogP contribution in [0.4, 0.5) is 5.69 Å². The number of nitrogens with zero attached hydrogens (tertiary/aromatic N) is 3. The third-order valence-electron chi connectivity index (χ3n) is 3.61. The van der Waals surface area contributed by atoms with E-state index in [1.54, 1.807) is 30.1 Å². The van der Waals surface area contributed by atoms with E-state index in [9.17, 15) is 4.79 Å². The number of ether oxygens (including phenoxy) is 1. The molecule has 1 N–H and O–H groups in total. The summed E-state index contributed by atoms with van der Waals surface area (Å²) in [5, 5.41) is 7.44. The van der Waals surface area contributed by atoms with Crippen molar-refractivity contribution in [1.29, 1.82) is 0 Å². The number of carbonyl (C=O) groups is 1. The molecular weight excluding hydrogens is 352 g/mol. The molecule has 2 heterocycles. The largest absolute Gasteiger partial charge is 0.455 e. The van der Waals surface area contributed by atoms with Gasteiger partial charge in [-0.15, -0.1) is 0 Å². The molecule has 0 spiro atoms. The van der Waals surface area contributed by atoms with E-state index in [2.05, 4.69) is 15.4 Å². The van der Waals surface area contributed by atoms with E-state index in [1.807, 2.05) is 37.3 Å². The van der Waals surface area contributed by atoms with E-state index < -0.39 is 0 Å². The topological polar surface area (TPSA) is 69.0 Å². The average molecular weight is 369 g/mol. The maximum Gasteiger partial charge on any atom is 0.248 e. The molecule has 0 aliphatic carbocycles. The van der Waals surface area contributed by atoms with Gasteiger partial charge in [0, 0.05) is 31.0 Å². The summed E-state index contributed by atoms with van der Waals surface area (Å²) in [4.78, 5) is 16.3. The number of halogens is 1. The van der Waals surface area contributed by atoms with Crippen LogP contribution in [0.1, 0.15) is 11.3 Å². The standard InChI is InChI=1S/C19H17ClN4O2/c1-13-15(19(20)24(2)23-13)8-9-18(25)22-16-12-21-11-10-17(16)26-14-6-4-3-5-7-14/h3-12H,1-2H3,(H,22,25)/b9-8+. The Hall–Kier alpha value is -3.12. The maximum absolute atomic E-state index is 12.3. The van der Waals surface area contributed by atoms with Crippen molar-refractivity contribution in [3.63, 3.8) is 0 Å². The number of aryl methyl sites for hydroxylation is 2. The number of aromatic nitrogens is 3. The molecule has 0 bridgehead atoms. The third kappa shape index (κ3) is 4.10. The van der Waals surface area contributed by atoms with Crippen molar-refractivity contribution in [2.75, 3.05) is 5.32 Å². The molecule has 2 aromatic heterocycles. The van der Waals surface area contributed by atoms with Gasteiger partial charge in [0.25, 0.3) is 0 Å². The van der Waals surface area contributed by atoms with Gasteiger partial charge in [-0.05, 0) is 25.1 Å². The van der Waals surface area contributed by atoms with Crippen LogP contribution < -0.4 is 10.1 Å². The first kappa shape index (κ1) is 17.7. The van der Waals surface area contributed by atoms with Crippen molar-refractivity contribution in [2.45, 2.75) is 6.92 Å². The van der Waals surface area contributed by atoms with E-state index >= 15 is 0 Å². The van der Waals surface area contributed by atoms with Crippen molar-refractivity contribution in [3.8, 4) is 11.5 Å². The van der Waals surface area contributed by atoms with Crippen molar-refractivity contribution < 1.29 is 9.53 Å². The second kappa shape index (κ2) is 7.84. The van der Waals surface area contributed by atoms with Crippen LogP contribution >= 0.6 is 11.6 Å². The summed E-state index contributed by atoms with van der Waals surface area (Å²) in [6.45, 7) is 1.83. The Morgan fingerprint density at radius 2 is 2.04 bits per heavy atom. The van der Waals surface area contributed by atoms with Crippen LogP contribution in [-0.4, -0.2) is 20.7 Å². The molecule has 0 saturated carbocycles. The molecular formula is C19H17ClN4O2. The first-order valence-electron chi connectivity index (χ1n) is 7.89. The Labute approximate surface area is 156 Å². The van der Waals surface area contributed by atoms with Crippen LogP contribution in [0.5, 0.6) is 11.5 Å². The van der Waals surface area contributed by atoms with E-state index in [1.165, 1.54) is 12.3 Å². The zero-order valence-electron chi connectivity index (χ0n) is 14.3. The summed E-state index contributed by atoms with van der Waals surface area (Å²) in [7, 11) is 1.75. The molecule has 0 aliphatic heterocycles. The van der Waals surface area contributed by atoms with Gasteiger partial charge < -0.3 is 10.1 Å². The van der Waals surface area contributed by atoms with Gasteiger partial charge in [-0.1, -0.05) is 29.8 Å². The Kier molecular flexibility index (Phi) is 5.34. The van der Waals surface area contributed by atoms with Crippen LogP contribution in [0, 0.1) is 6.92 Å². The van der Waals surface area contributed by atoms with Crippen molar-refractivity contribution in [2.24, 2.45) is 7.05 Å². The maximum atomic E-state index is 12.3. The molecule has 0 radical (unpaired) electrons. The number of pyridine rings is 1. The quantitative estimate of drug-likeness (QED) is 0.684. The predicted octanol–water partition coefficient (Wildman–Crippen LogP) is 4.22. The molecule has 0 unspecified atom stereocenters. The highest BCUT2D eigenvalue weighted by Crippen LogP contribution is 2.28. The smallest absolute Gasteiger partial charge is 0.248 e. The van der Waals surface area contributed by atoms with Crippen molar-refractivity contribution >= 4 is 29.3 Å². The Morgan fingerprint density at radius 3 is 2.73 bits per heavy atom. The minimum atomic E-state index is -0.324. The van der Waals surface area contributed by atoms with Gasteiger partial charge in [-0.25, -0.2) is 0 Å². The zero-order valence-corrected chi connectivity index (χ0v) is 15.1. The Bertz CT molecular complexity index is 951. The second-order valence-corrected chi connectivity index (χ2v) is 5.88. The van der Waals surface area contributed by atoms with E-state index in [4.69, 9.17) is 16.3 Å². The highest BCUT2D eigenvalue weighted by molar-refractivity contribution is 6.31. The number of benzene rings is 1. The minimum absolute atomic E-state index is 0.324. The second-order valence-electron chi connectivity index (χ2n) is 5.52. The first-order chi connectivity index (χ1) is 12.5. The molecule has 1 amide bonds. The monoisotopic (exact) mass is 368 g/mol. The number of hydrogen-bond donors (Lipinski definition) is 1. The van der Waals surface area contributed by atoms with E-state index in [-0.39, 0.29) is 5.91 Å². The predicted molar refractivity (Wildman–Crippen MR) is 101 cm³/mol. The van der Waals surface area contributed by atoms with E-state index in [0.29, 0.717) is 27.9 Å². The van der Waals surface area contributed by atoms with Crippen molar-refractivity contribution in [3.05, 3.63) is 71.3 Å². The third-order valence-corrected chi connectivity index (χ3v) is 4.06. The molecule has 6 nitrogen and oxygen atoms in total. The lowest BCUT2D eigenvalue weighted by Crippen LogP contribution is -2.09. The van der Waals surface area contributed by atoms with Gasteiger partial charge in [0.2, 0.25) is 5.91 Å². The van der Waals surface area contributed by atoms with E-state index in [0.717, 1.165) is 5.69 Å². The summed E-state index contributed by atoms with van der Waals surface area (Å²) >= 11 is 6.16. The number of rotatable bonds is 5. The highest BCUT2D eigenvalue weighted by Gasteiger charge is 2.10. The number of hydrogen-bond acceptors (Lipinski definition) is 4. The molecule has 0 atom stereocenters. The molecule has 0 aliphatic rings. The molecule has 3 rings (SSSR count). The van der Waals surface area contributed by atoms with Gasteiger partial charge >= 0.3 is 0 Å². The van der Waals surface area contributed by atoms with Crippen LogP contribution in [0.25, 0.3) is 6.08 Å². The summed E-state index contributed by atoms with van der Waals surface area (Å²) in [5.41, 5.74) is 1.92. The van der Waals surface area contributed by atoms with Crippen molar-refractivity contribution in [1.82, 2.24) is 14.8 Å². The average Bonchev–Trinajstić information content (AvgIpc) is 2.88. The van der Waals surface area contributed by atoms with Gasteiger partial charge in [-0.3, -0.25) is 14.5 Å². The normalized spacial score (nSPS) is 10.9. The number of carbonyl (C=O) groups excluding carboxylic acids is 1. The van der Waals surface area contributed by atoms with Gasteiger partial charge in [0.05, 0.1) is 11.9 Å². The fraction of sp³-hybridized carbons (Fsp3) is 0.105. The van der Waals surface area contributed by atoms with Gasteiger partial charge in [0.1, 0.15) is 16.6 Å². The lowest BCUT2D eigenvalue weighted by Gasteiger charge is -2.10. The summed E-state index contributed by atoms with van der Waals surface area (Å²) in [6, 6.07) is 11.0. The lowest BCUT2D eigenvalue weighted by atomic mass is 10.2. The fourth-order valence-corrected chi connectivity index (χ4v) is 2.59. The SMILES string of the molecule is Cc1nn(C)c(Cl)c1/C=C/C(=O)Nc1cnccc1Oc1ccccc1. The molecule has 7 heteroatoms. The van der Waals surface area contributed by atoms with Crippen LogP contribution in [0.15, 0.2) is 54.9 Å².